The minimum Gasteiger partial charge on any atom is -0.456 e. The molecule has 2 atom stereocenters. The highest BCUT2D eigenvalue weighted by molar-refractivity contribution is 5.91. The molecule has 0 spiro atoms. The van der Waals surface area contributed by atoms with Gasteiger partial charge in [-0.25, -0.2) is 9.18 Å². The van der Waals surface area contributed by atoms with Crippen LogP contribution >= 0.6 is 0 Å². The van der Waals surface area contributed by atoms with Crippen molar-refractivity contribution in [3.8, 4) is 0 Å². The number of rotatable bonds is 4. The zero-order valence-electron chi connectivity index (χ0n) is 14.3. The second-order valence-corrected chi connectivity index (χ2v) is 6.76. The molecule has 24 heavy (non-hydrogen) atoms. The number of hydrogen-bond donors (Lipinski definition) is 0. The van der Waals surface area contributed by atoms with Crippen LogP contribution in [0.5, 0.6) is 0 Å². The summed E-state index contributed by atoms with van der Waals surface area (Å²) in [5.74, 6) is -1.09. The highest BCUT2D eigenvalue weighted by Crippen LogP contribution is 2.43. The van der Waals surface area contributed by atoms with E-state index in [9.17, 15) is 9.18 Å². The molecule has 0 aliphatic carbocycles. The Labute approximate surface area is 141 Å². The molecular formula is C19H23FO4. The van der Waals surface area contributed by atoms with Crippen LogP contribution in [0.4, 0.5) is 4.39 Å². The van der Waals surface area contributed by atoms with Gasteiger partial charge in [0.15, 0.2) is 0 Å². The van der Waals surface area contributed by atoms with Gasteiger partial charge in [-0.15, -0.1) is 0 Å². The minimum absolute atomic E-state index is 0.0274. The summed E-state index contributed by atoms with van der Waals surface area (Å²) in [7, 11) is 0. The Morgan fingerprint density at radius 2 is 1.92 bits per heavy atom. The first kappa shape index (κ1) is 17.0. The standard InChI is InChI=1S/C19H23FO4/c1-4-5-6-14-11-15-16(18(21)24-19(2,3)23-15)17(22-14)12-7-9-13(20)10-8-12/h7-10,14,17H,4-6,11H2,1-3H3. The number of unbranched alkanes of at least 4 members (excludes halogenated alkanes) is 1. The van der Waals surface area contributed by atoms with E-state index in [4.69, 9.17) is 14.2 Å². The number of cyclic esters (lactones) is 1. The lowest BCUT2D eigenvalue weighted by atomic mass is 9.92. The van der Waals surface area contributed by atoms with E-state index in [-0.39, 0.29) is 11.9 Å². The van der Waals surface area contributed by atoms with Crippen LogP contribution < -0.4 is 0 Å². The summed E-state index contributed by atoms with van der Waals surface area (Å²) in [6, 6.07) is 6.01. The van der Waals surface area contributed by atoms with Crippen molar-refractivity contribution in [1.29, 1.82) is 0 Å². The largest absolute Gasteiger partial charge is 0.456 e. The van der Waals surface area contributed by atoms with Crippen LogP contribution in [0.2, 0.25) is 0 Å². The van der Waals surface area contributed by atoms with Crippen LogP contribution in [0.3, 0.4) is 0 Å². The molecule has 0 amide bonds. The fourth-order valence-corrected chi connectivity index (χ4v) is 3.17. The average molecular weight is 334 g/mol. The van der Waals surface area contributed by atoms with E-state index in [1.807, 2.05) is 0 Å². The topological polar surface area (TPSA) is 44.8 Å². The molecule has 2 aliphatic rings. The van der Waals surface area contributed by atoms with Crippen molar-refractivity contribution in [1.82, 2.24) is 0 Å². The van der Waals surface area contributed by atoms with Gasteiger partial charge in [-0.1, -0.05) is 31.9 Å². The molecule has 1 aromatic carbocycles. The third-order valence-electron chi connectivity index (χ3n) is 4.28. The number of esters is 1. The van der Waals surface area contributed by atoms with Crippen molar-refractivity contribution in [2.45, 2.75) is 64.4 Å². The van der Waals surface area contributed by atoms with Crippen LogP contribution in [0.25, 0.3) is 0 Å². The Balaban J connectivity index is 1.97. The molecule has 0 saturated carbocycles. The van der Waals surface area contributed by atoms with Gasteiger partial charge >= 0.3 is 5.97 Å². The summed E-state index contributed by atoms with van der Waals surface area (Å²) >= 11 is 0. The van der Waals surface area contributed by atoms with Gasteiger partial charge in [-0.3, -0.25) is 0 Å². The Morgan fingerprint density at radius 1 is 1.21 bits per heavy atom. The number of carbonyl (C=O) groups excluding carboxylic acids is 1. The molecule has 130 valence electrons. The van der Waals surface area contributed by atoms with E-state index in [0.29, 0.717) is 17.8 Å². The number of hydrogen-bond acceptors (Lipinski definition) is 4. The van der Waals surface area contributed by atoms with Crippen molar-refractivity contribution >= 4 is 5.97 Å². The van der Waals surface area contributed by atoms with Gasteiger partial charge < -0.3 is 14.2 Å². The van der Waals surface area contributed by atoms with Crippen LogP contribution in [0.1, 0.15) is 58.1 Å². The lowest BCUT2D eigenvalue weighted by Gasteiger charge is -2.40. The Kier molecular flexibility index (Phi) is 4.63. The summed E-state index contributed by atoms with van der Waals surface area (Å²) in [4.78, 5) is 12.5. The lowest BCUT2D eigenvalue weighted by Crippen LogP contribution is -2.42. The van der Waals surface area contributed by atoms with Gasteiger partial charge in [0.25, 0.3) is 0 Å². The Morgan fingerprint density at radius 3 is 2.58 bits per heavy atom. The van der Waals surface area contributed by atoms with E-state index in [0.717, 1.165) is 24.8 Å². The first-order valence-corrected chi connectivity index (χ1v) is 8.46. The van der Waals surface area contributed by atoms with Crippen LogP contribution in [0, 0.1) is 5.82 Å². The fraction of sp³-hybridized carbons (Fsp3) is 0.526. The molecule has 3 rings (SSSR count). The number of benzene rings is 1. The molecule has 0 bridgehead atoms. The van der Waals surface area contributed by atoms with Gasteiger partial charge in [0.05, 0.1) is 6.10 Å². The third kappa shape index (κ3) is 3.46. The Bertz CT molecular complexity index is 648. The molecule has 0 radical (unpaired) electrons. The molecule has 0 aromatic heterocycles. The molecule has 2 heterocycles. The number of ether oxygens (including phenoxy) is 3. The maximum atomic E-state index is 13.2. The summed E-state index contributed by atoms with van der Waals surface area (Å²) < 4.78 is 30.7. The van der Waals surface area contributed by atoms with Crippen molar-refractivity contribution in [3.05, 3.63) is 47.0 Å². The van der Waals surface area contributed by atoms with E-state index >= 15 is 0 Å². The van der Waals surface area contributed by atoms with Gasteiger partial charge in [-0.2, -0.15) is 0 Å². The van der Waals surface area contributed by atoms with Gasteiger partial charge in [-0.05, 0) is 24.1 Å². The molecule has 0 fully saturated rings. The average Bonchev–Trinajstić information content (AvgIpc) is 2.51. The number of carbonyl (C=O) groups is 1. The second-order valence-electron chi connectivity index (χ2n) is 6.76. The van der Waals surface area contributed by atoms with Gasteiger partial charge in [0.2, 0.25) is 5.79 Å². The van der Waals surface area contributed by atoms with Crippen molar-refractivity contribution in [2.24, 2.45) is 0 Å². The molecule has 0 saturated heterocycles. The maximum absolute atomic E-state index is 13.2. The highest BCUT2D eigenvalue weighted by atomic mass is 19.1. The highest BCUT2D eigenvalue weighted by Gasteiger charge is 2.44. The van der Waals surface area contributed by atoms with E-state index in [2.05, 4.69) is 6.92 Å². The molecular weight excluding hydrogens is 311 g/mol. The van der Waals surface area contributed by atoms with Crippen molar-refractivity contribution in [2.75, 3.05) is 0 Å². The Hall–Kier alpha value is -1.88. The quantitative estimate of drug-likeness (QED) is 0.765. The monoisotopic (exact) mass is 334 g/mol. The molecule has 5 heteroatoms. The molecule has 0 N–H and O–H groups in total. The fourth-order valence-electron chi connectivity index (χ4n) is 3.17. The van der Waals surface area contributed by atoms with Gasteiger partial charge in [0, 0.05) is 20.3 Å². The smallest absolute Gasteiger partial charge is 0.343 e. The molecule has 2 aliphatic heterocycles. The van der Waals surface area contributed by atoms with E-state index in [1.165, 1.54) is 12.1 Å². The van der Waals surface area contributed by atoms with Crippen LogP contribution in [0.15, 0.2) is 35.6 Å². The molecule has 1 aromatic rings. The van der Waals surface area contributed by atoms with E-state index in [1.54, 1.807) is 26.0 Å². The predicted molar refractivity (Wildman–Crippen MR) is 86.4 cm³/mol. The molecule has 4 nitrogen and oxygen atoms in total. The summed E-state index contributed by atoms with van der Waals surface area (Å²) in [5.41, 5.74) is 1.12. The normalized spacial score (nSPS) is 25.8. The zero-order valence-corrected chi connectivity index (χ0v) is 14.3. The zero-order chi connectivity index (χ0) is 17.3. The third-order valence-corrected chi connectivity index (χ3v) is 4.28. The summed E-state index contributed by atoms with van der Waals surface area (Å²) in [5, 5.41) is 0. The summed E-state index contributed by atoms with van der Waals surface area (Å²) in [6.07, 6.45) is 2.95. The van der Waals surface area contributed by atoms with Crippen molar-refractivity contribution < 1.29 is 23.4 Å². The first-order chi connectivity index (χ1) is 11.4. The van der Waals surface area contributed by atoms with Gasteiger partial charge in [0.1, 0.15) is 23.3 Å². The number of halogens is 1. The maximum Gasteiger partial charge on any atom is 0.343 e. The van der Waals surface area contributed by atoms with Crippen LogP contribution in [-0.2, 0) is 19.0 Å². The second kappa shape index (κ2) is 6.55. The van der Waals surface area contributed by atoms with Crippen molar-refractivity contribution in [3.63, 3.8) is 0 Å². The lowest BCUT2D eigenvalue weighted by molar-refractivity contribution is -0.217. The predicted octanol–water partition coefficient (Wildman–Crippen LogP) is 4.41. The van der Waals surface area contributed by atoms with Crippen LogP contribution in [-0.4, -0.2) is 17.9 Å². The molecule has 2 unspecified atom stereocenters. The van der Waals surface area contributed by atoms with E-state index < -0.39 is 17.9 Å². The minimum atomic E-state index is -0.976. The summed E-state index contributed by atoms with van der Waals surface area (Å²) in [6.45, 7) is 5.57. The SMILES string of the molecule is CCCCC1CC2=C(C(=O)OC(C)(C)O2)C(c2ccc(F)cc2)O1. The first-order valence-electron chi connectivity index (χ1n) is 8.46.